The van der Waals surface area contributed by atoms with Crippen molar-refractivity contribution in [2.45, 2.75) is 0 Å². The largest absolute Gasteiger partial charge is 0.383 e. The number of rotatable bonds is 6. The molecule has 1 rings (SSSR count). The van der Waals surface area contributed by atoms with Gasteiger partial charge in [-0.05, 0) is 18.2 Å². The number of methoxy groups -OCH3 is 1. The minimum atomic E-state index is -0.427. The zero-order chi connectivity index (χ0) is 14.3. The molecule has 0 saturated heterocycles. The highest BCUT2D eigenvalue weighted by Gasteiger charge is 2.11. The molecule has 0 aliphatic heterocycles. The summed E-state index contributed by atoms with van der Waals surface area (Å²) < 4.78 is 4.78. The molecule has 1 aromatic carbocycles. The fourth-order valence-electron chi connectivity index (χ4n) is 1.28. The van der Waals surface area contributed by atoms with E-state index in [1.807, 2.05) is 0 Å². The van der Waals surface area contributed by atoms with E-state index < -0.39 is 5.91 Å². The van der Waals surface area contributed by atoms with Gasteiger partial charge in [0.1, 0.15) is 0 Å². The highest BCUT2D eigenvalue weighted by atomic mass is 35.5. The molecule has 19 heavy (non-hydrogen) atoms. The van der Waals surface area contributed by atoms with E-state index in [0.29, 0.717) is 18.2 Å². The minimum absolute atomic E-state index is 0.124. The first-order valence-electron chi connectivity index (χ1n) is 5.53. The van der Waals surface area contributed by atoms with E-state index >= 15 is 0 Å². The van der Waals surface area contributed by atoms with Gasteiger partial charge >= 0.3 is 0 Å². The predicted octanol–water partition coefficient (Wildman–Crippen LogP) is 1.49. The molecule has 0 bridgehead atoms. The minimum Gasteiger partial charge on any atom is -0.383 e. The molecule has 0 aliphatic rings. The third-order valence-corrected chi connectivity index (χ3v) is 2.76. The van der Waals surface area contributed by atoms with Crippen molar-refractivity contribution in [2.24, 2.45) is 0 Å². The van der Waals surface area contributed by atoms with Crippen molar-refractivity contribution in [2.75, 3.05) is 26.8 Å². The summed E-state index contributed by atoms with van der Waals surface area (Å²) in [7, 11) is 1.54. The van der Waals surface area contributed by atoms with Gasteiger partial charge in [-0.15, -0.1) is 0 Å². The van der Waals surface area contributed by atoms with Crippen molar-refractivity contribution in [1.82, 2.24) is 10.6 Å². The fraction of sp³-hybridized carbons (Fsp3) is 0.333. The Labute approximate surface area is 121 Å². The maximum Gasteiger partial charge on any atom is 0.253 e. The third kappa shape index (κ3) is 5.46. The molecule has 0 heterocycles. The first-order valence-corrected chi connectivity index (χ1v) is 6.29. The zero-order valence-electron chi connectivity index (χ0n) is 10.3. The Hall–Kier alpha value is -1.30. The van der Waals surface area contributed by atoms with Crippen LogP contribution in [0.4, 0.5) is 0 Å². The second kappa shape index (κ2) is 7.99. The van der Waals surface area contributed by atoms with Gasteiger partial charge in [-0.1, -0.05) is 23.2 Å². The van der Waals surface area contributed by atoms with E-state index in [-0.39, 0.29) is 23.0 Å². The summed E-state index contributed by atoms with van der Waals surface area (Å²) in [6, 6.07) is 4.53. The third-order valence-electron chi connectivity index (χ3n) is 2.21. The molecule has 104 valence electrons. The number of ether oxygens (including phenoxy) is 1. The summed E-state index contributed by atoms with van der Waals surface area (Å²) >= 11 is 11.6. The standard InChI is InChI=1S/C12H14Cl2N2O3/c1-19-5-4-15-11(17)7-16-12(18)9-3-2-8(13)6-10(9)14/h2-3,6H,4-5,7H2,1H3,(H,15,17)(H,16,18). The molecule has 0 atom stereocenters. The van der Waals surface area contributed by atoms with Crippen molar-refractivity contribution in [3.05, 3.63) is 33.8 Å². The van der Waals surface area contributed by atoms with Crippen LogP contribution in [0.2, 0.25) is 10.0 Å². The molecular weight excluding hydrogens is 291 g/mol. The molecule has 0 saturated carbocycles. The van der Waals surface area contributed by atoms with Crippen LogP contribution in [0.1, 0.15) is 10.4 Å². The van der Waals surface area contributed by atoms with E-state index in [9.17, 15) is 9.59 Å². The monoisotopic (exact) mass is 304 g/mol. The van der Waals surface area contributed by atoms with Crippen molar-refractivity contribution in [3.63, 3.8) is 0 Å². The van der Waals surface area contributed by atoms with Crippen LogP contribution >= 0.6 is 23.2 Å². The molecule has 0 aromatic heterocycles. The van der Waals surface area contributed by atoms with Crippen LogP contribution in [0.25, 0.3) is 0 Å². The van der Waals surface area contributed by atoms with Gasteiger partial charge in [0.2, 0.25) is 5.91 Å². The van der Waals surface area contributed by atoms with E-state index in [1.165, 1.54) is 19.2 Å². The topological polar surface area (TPSA) is 67.4 Å². The number of amides is 2. The lowest BCUT2D eigenvalue weighted by atomic mass is 10.2. The van der Waals surface area contributed by atoms with E-state index in [0.717, 1.165) is 0 Å². The highest BCUT2D eigenvalue weighted by molar-refractivity contribution is 6.36. The van der Waals surface area contributed by atoms with Crippen LogP contribution in [0.3, 0.4) is 0 Å². The Bertz CT molecular complexity index is 466. The van der Waals surface area contributed by atoms with Crippen molar-refractivity contribution >= 4 is 35.0 Å². The first-order chi connectivity index (χ1) is 9.04. The van der Waals surface area contributed by atoms with E-state index in [1.54, 1.807) is 6.07 Å². The molecule has 0 fully saturated rings. The molecule has 7 heteroatoms. The van der Waals surface area contributed by atoms with Crippen molar-refractivity contribution in [3.8, 4) is 0 Å². The summed E-state index contributed by atoms with van der Waals surface area (Å²) in [6.45, 7) is 0.692. The number of carbonyl (C=O) groups is 2. The Morgan fingerprint density at radius 2 is 2.00 bits per heavy atom. The molecule has 0 spiro atoms. The second-order valence-corrected chi connectivity index (χ2v) is 4.49. The van der Waals surface area contributed by atoms with Crippen LogP contribution < -0.4 is 10.6 Å². The summed E-state index contributed by atoms with van der Waals surface area (Å²) in [5, 5.41) is 5.73. The van der Waals surface area contributed by atoms with Crippen LogP contribution in [0.5, 0.6) is 0 Å². The van der Waals surface area contributed by atoms with Gasteiger partial charge in [-0.3, -0.25) is 9.59 Å². The lowest BCUT2D eigenvalue weighted by molar-refractivity contribution is -0.120. The average molecular weight is 305 g/mol. The SMILES string of the molecule is COCCNC(=O)CNC(=O)c1ccc(Cl)cc1Cl. The molecule has 1 aromatic rings. The summed E-state index contributed by atoms with van der Waals surface area (Å²) in [6.07, 6.45) is 0. The van der Waals surface area contributed by atoms with E-state index in [4.69, 9.17) is 27.9 Å². The smallest absolute Gasteiger partial charge is 0.253 e. The Morgan fingerprint density at radius 3 is 2.63 bits per heavy atom. The average Bonchev–Trinajstić information content (AvgIpc) is 2.36. The Morgan fingerprint density at radius 1 is 1.26 bits per heavy atom. The molecule has 0 unspecified atom stereocenters. The second-order valence-electron chi connectivity index (χ2n) is 3.65. The molecule has 5 nitrogen and oxygen atoms in total. The van der Waals surface area contributed by atoms with Crippen LogP contribution in [0, 0.1) is 0 Å². The molecular formula is C12H14Cl2N2O3. The maximum atomic E-state index is 11.8. The molecule has 0 radical (unpaired) electrons. The number of benzene rings is 1. The van der Waals surface area contributed by atoms with Gasteiger partial charge in [0.15, 0.2) is 0 Å². The number of hydrogen-bond donors (Lipinski definition) is 2. The molecule has 0 aliphatic carbocycles. The number of hydrogen-bond acceptors (Lipinski definition) is 3. The van der Waals surface area contributed by atoms with Crippen LogP contribution in [-0.4, -0.2) is 38.6 Å². The number of halogens is 2. The predicted molar refractivity (Wildman–Crippen MR) is 73.7 cm³/mol. The van der Waals surface area contributed by atoms with Gasteiger partial charge in [0, 0.05) is 18.7 Å². The first kappa shape index (κ1) is 15.8. The normalized spacial score (nSPS) is 10.1. The maximum absolute atomic E-state index is 11.8. The quantitative estimate of drug-likeness (QED) is 0.782. The fourth-order valence-corrected chi connectivity index (χ4v) is 1.78. The van der Waals surface area contributed by atoms with Gasteiger partial charge < -0.3 is 15.4 Å². The lowest BCUT2D eigenvalue weighted by Crippen LogP contribution is -2.38. The van der Waals surface area contributed by atoms with Crippen molar-refractivity contribution < 1.29 is 14.3 Å². The number of nitrogens with one attached hydrogen (secondary N) is 2. The summed E-state index contributed by atoms with van der Waals surface area (Å²) in [4.78, 5) is 23.1. The summed E-state index contributed by atoms with van der Waals surface area (Å²) in [5.74, 6) is -0.723. The summed E-state index contributed by atoms with van der Waals surface area (Å²) in [5.41, 5.74) is 0.274. The van der Waals surface area contributed by atoms with Gasteiger partial charge in [-0.25, -0.2) is 0 Å². The van der Waals surface area contributed by atoms with Crippen LogP contribution in [-0.2, 0) is 9.53 Å². The van der Waals surface area contributed by atoms with Crippen molar-refractivity contribution in [1.29, 1.82) is 0 Å². The Kier molecular flexibility index (Phi) is 6.62. The zero-order valence-corrected chi connectivity index (χ0v) is 11.8. The van der Waals surface area contributed by atoms with E-state index in [2.05, 4.69) is 10.6 Å². The molecule has 2 N–H and O–H groups in total. The van der Waals surface area contributed by atoms with Gasteiger partial charge in [0.05, 0.1) is 23.7 Å². The molecule has 2 amide bonds. The Balaban J connectivity index is 2.45. The van der Waals surface area contributed by atoms with Crippen LogP contribution in [0.15, 0.2) is 18.2 Å². The highest BCUT2D eigenvalue weighted by Crippen LogP contribution is 2.20. The number of carbonyl (C=O) groups excluding carboxylic acids is 2. The van der Waals surface area contributed by atoms with Gasteiger partial charge in [-0.2, -0.15) is 0 Å². The van der Waals surface area contributed by atoms with Gasteiger partial charge in [0.25, 0.3) is 5.91 Å². The lowest BCUT2D eigenvalue weighted by Gasteiger charge is -2.07.